The molecule has 1 unspecified atom stereocenters. The van der Waals surface area contributed by atoms with Crippen molar-refractivity contribution in [1.82, 2.24) is 0 Å². The molecule has 0 heterocycles. The van der Waals surface area contributed by atoms with E-state index < -0.39 is 6.10 Å². The van der Waals surface area contributed by atoms with E-state index in [-0.39, 0.29) is 44.0 Å². The van der Waals surface area contributed by atoms with Gasteiger partial charge in [-0.1, -0.05) is 177 Å². The fraction of sp³-hybridized carbons (Fsp3) is 0.694. The quantitative estimate of drug-likeness (QED) is 0.0268. The zero-order valence-electron chi connectivity index (χ0n) is 35.7. The van der Waals surface area contributed by atoms with Crippen LogP contribution in [0.3, 0.4) is 0 Å². The van der Waals surface area contributed by atoms with E-state index in [1.165, 1.54) is 70.6 Å². The highest BCUT2D eigenvalue weighted by atomic mass is 16.6. The molecule has 0 N–H and O–H groups in total. The highest BCUT2D eigenvalue weighted by molar-refractivity contribution is 5.71. The molecule has 0 amide bonds. The molecule has 0 rings (SSSR count). The Morgan fingerprint density at radius 2 is 0.727 bits per heavy atom. The van der Waals surface area contributed by atoms with Gasteiger partial charge in [-0.05, 0) is 77.0 Å². The van der Waals surface area contributed by atoms with Gasteiger partial charge in [0.2, 0.25) is 0 Å². The average molecular weight is 767 g/mol. The Bertz CT molecular complexity index is 1070. The Labute approximate surface area is 338 Å². The molecule has 55 heavy (non-hydrogen) atoms. The first kappa shape index (κ1) is 51.9. The summed E-state index contributed by atoms with van der Waals surface area (Å²) in [6.45, 7) is 6.30. The van der Waals surface area contributed by atoms with E-state index in [0.29, 0.717) is 19.3 Å². The van der Waals surface area contributed by atoms with Crippen molar-refractivity contribution in [3.05, 3.63) is 72.9 Å². The lowest BCUT2D eigenvalue weighted by atomic mass is 10.0. The molecule has 0 saturated carbocycles. The van der Waals surface area contributed by atoms with Crippen molar-refractivity contribution in [3.8, 4) is 0 Å². The minimum absolute atomic E-state index is 0.106. The van der Waals surface area contributed by atoms with Gasteiger partial charge in [-0.25, -0.2) is 0 Å². The summed E-state index contributed by atoms with van der Waals surface area (Å²) in [6, 6.07) is 0. The molecule has 0 aromatic heterocycles. The van der Waals surface area contributed by atoms with Gasteiger partial charge in [0.1, 0.15) is 13.2 Å². The molecule has 6 nitrogen and oxygen atoms in total. The standard InChI is InChI=1S/C49H82O6/c1-4-7-10-13-16-19-22-24-25-28-30-33-36-39-42-48(51)54-45-46(44-53-47(50)41-38-35-32-29-26-21-18-15-12-9-6-3)55-49(52)43-40-37-34-31-27-23-20-17-14-11-8-5-2/h8-9,11-12,17-18,20-21,27,29,31-32,46H,4-7,10,13-16,19,22-26,28,30,33-45H2,1-3H3/b11-8-,12-9-,20-17-,21-18-,31-27-,32-29-. The van der Waals surface area contributed by atoms with Crippen LogP contribution in [-0.4, -0.2) is 37.2 Å². The molecule has 6 heteroatoms. The normalized spacial score (nSPS) is 12.7. The third kappa shape index (κ3) is 41.8. The molecule has 0 spiro atoms. The molecule has 0 aliphatic rings. The van der Waals surface area contributed by atoms with E-state index >= 15 is 0 Å². The van der Waals surface area contributed by atoms with Crippen LogP contribution >= 0.6 is 0 Å². The summed E-state index contributed by atoms with van der Waals surface area (Å²) in [6.07, 6.45) is 53.3. The van der Waals surface area contributed by atoms with Gasteiger partial charge in [0.25, 0.3) is 0 Å². The lowest BCUT2D eigenvalue weighted by molar-refractivity contribution is -0.167. The predicted octanol–water partition coefficient (Wildman–Crippen LogP) is 14.3. The van der Waals surface area contributed by atoms with Gasteiger partial charge in [0, 0.05) is 19.3 Å². The summed E-state index contributed by atoms with van der Waals surface area (Å²) >= 11 is 0. The van der Waals surface area contributed by atoms with Crippen LogP contribution in [-0.2, 0) is 28.6 Å². The second kappa shape index (κ2) is 43.6. The Morgan fingerprint density at radius 1 is 0.382 bits per heavy atom. The Hall–Kier alpha value is -3.15. The molecular formula is C49H82O6. The van der Waals surface area contributed by atoms with E-state index in [1.807, 2.05) is 0 Å². The first-order valence-electron chi connectivity index (χ1n) is 22.4. The predicted molar refractivity (Wildman–Crippen MR) is 233 cm³/mol. The van der Waals surface area contributed by atoms with E-state index in [2.05, 4.69) is 93.7 Å². The third-order valence-corrected chi connectivity index (χ3v) is 9.21. The Balaban J connectivity index is 4.48. The average Bonchev–Trinajstić information content (AvgIpc) is 3.18. The summed E-state index contributed by atoms with van der Waals surface area (Å²) in [4.78, 5) is 37.7. The smallest absolute Gasteiger partial charge is 0.306 e. The minimum atomic E-state index is -0.811. The van der Waals surface area contributed by atoms with Crippen LogP contribution in [0.2, 0.25) is 0 Å². The van der Waals surface area contributed by atoms with Crippen LogP contribution in [0.25, 0.3) is 0 Å². The van der Waals surface area contributed by atoms with Crippen LogP contribution in [0, 0.1) is 0 Å². The lowest BCUT2D eigenvalue weighted by Gasteiger charge is -2.18. The fourth-order valence-corrected chi connectivity index (χ4v) is 5.89. The number of carbonyl (C=O) groups excluding carboxylic acids is 3. The van der Waals surface area contributed by atoms with Crippen LogP contribution in [0.4, 0.5) is 0 Å². The van der Waals surface area contributed by atoms with Gasteiger partial charge < -0.3 is 14.2 Å². The number of esters is 3. The molecule has 1 atom stereocenters. The van der Waals surface area contributed by atoms with Gasteiger partial charge in [0.05, 0.1) is 0 Å². The van der Waals surface area contributed by atoms with E-state index in [0.717, 1.165) is 77.0 Å². The second-order valence-electron chi connectivity index (χ2n) is 14.5. The van der Waals surface area contributed by atoms with Crippen LogP contribution in [0.15, 0.2) is 72.9 Å². The van der Waals surface area contributed by atoms with Crippen LogP contribution in [0.5, 0.6) is 0 Å². The molecule has 0 aromatic rings. The van der Waals surface area contributed by atoms with Crippen molar-refractivity contribution < 1.29 is 28.6 Å². The topological polar surface area (TPSA) is 78.9 Å². The molecule has 0 aromatic carbocycles. The zero-order valence-corrected chi connectivity index (χ0v) is 35.7. The molecule has 0 aliphatic carbocycles. The van der Waals surface area contributed by atoms with Crippen molar-refractivity contribution in [1.29, 1.82) is 0 Å². The largest absolute Gasteiger partial charge is 0.462 e. The molecule has 0 radical (unpaired) electrons. The zero-order chi connectivity index (χ0) is 40.1. The first-order valence-corrected chi connectivity index (χ1v) is 22.4. The number of hydrogen-bond donors (Lipinski definition) is 0. The molecular weight excluding hydrogens is 685 g/mol. The maximum Gasteiger partial charge on any atom is 0.306 e. The van der Waals surface area contributed by atoms with Crippen molar-refractivity contribution in [2.24, 2.45) is 0 Å². The van der Waals surface area contributed by atoms with Gasteiger partial charge in [-0.15, -0.1) is 0 Å². The number of allylic oxidation sites excluding steroid dienone is 12. The minimum Gasteiger partial charge on any atom is -0.462 e. The summed E-state index contributed by atoms with van der Waals surface area (Å²) in [7, 11) is 0. The third-order valence-electron chi connectivity index (χ3n) is 9.21. The Kier molecular flexibility index (Phi) is 41.1. The molecule has 314 valence electrons. The monoisotopic (exact) mass is 767 g/mol. The molecule has 0 aliphatic heterocycles. The van der Waals surface area contributed by atoms with E-state index in [1.54, 1.807) is 0 Å². The van der Waals surface area contributed by atoms with Crippen LogP contribution in [0.1, 0.15) is 201 Å². The maximum atomic E-state index is 12.7. The van der Waals surface area contributed by atoms with Gasteiger partial charge in [-0.3, -0.25) is 14.4 Å². The highest BCUT2D eigenvalue weighted by Gasteiger charge is 2.19. The first-order chi connectivity index (χ1) is 27.0. The van der Waals surface area contributed by atoms with Crippen molar-refractivity contribution >= 4 is 17.9 Å². The number of hydrogen-bond acceptors (Lipinski definition) is 6. The van der Waals surface area contributed by atoms with Gasteiger partial charge in [0.15, 0.2) is 6.10 Å². The molecule has 0 fully saturated rings. The molecule has 0 bridgehead atoms. The summed E-state index contributed by atoms with van der Waals surface area (Å²) in [5.74, 6) is -1.01. The number of carbonyl (C=O) groups is 3. The Morgan fingerprint density at radius 3 is 1.18 bits per heavy atom. The lowest BCUT2D eigenvalue weighted by Crippen LogP contribution is -2.30. The number of ether oxygens (including phenoxy) is 3. The summed E-state index contributed by atoms with van der Waals surface area (Å²) < 4.78 is 16.6. The molecule has 0 saturated heterocycles. The van der Waals surface area contributed by atoms with E-state index in [9.17, 15) is 14.4 Å². The number of unbranched alkanes of at least 4 members (excludes halogenated alkanes) is 16. The van der Waals surface area contributed by atoms with Crippen molar-refractivity contribution in [3.63, 3.8) is 0 Å². The summed E-state index contributed by atoms with van der Waals surface area (Å²) in [5.41, 5.74) is 0. The fourth-order valence-electron chi connectivity index (χ4n) is 5.89. The second-order valence-corrected chi connectivity index (χ2v) is 14.5. The van der Waals surface area contributed by atoms with Crippen molar-refractivity contribution in [2.75, 3.05) is 13.2 Å². The number of rotatable bonds is 39. The van der Waals surface area contributed by atoms with Gasteiger partial charge >= 0.3 is 17.9 Å². The highest BCUT2D eigenvalue weighted by Crippen LogP contribution is 2.14. The van der Waals surface area contributed by atoms with Gasteiger partial charge in [-0.2, -0.15) is 0 Å². The maximum absolute atomic E-state index is 12.7. The van der Waals surface area contributed by atoms with E-state index in [4.69, 9.17) is 14.2 Å². The summed E-state index contributed by atoms with van der Waals surface area (Å²) in [5, 5.41) is 0. The van der Waals surface area contributed by atoms with Crippen LogP contribution < -0.4 is 0 Å². The SMILES string of the molecule is CC/C=C\C/C=C\C/C=C\CCCCC(=O)OC(COC(=O)CCC/C=C\C/C=C\C/C=C\CC)COC(=O)CCCCCCCCCCCCCCCC. The van der Waals surface area contributed by atoms with Crippen molar-refractivity contribution in [2.45, 2.75) is 207 Å².